The number of nitrogens with zero attached hydrogens (tertiary/aromatic N) is 1. The van der Waals surface area contributed by atoms with Crippen LogP contribution in [0.4, 0.5) is 13.2 Å². The quantitative estimate of drug-likeness (QED) is 0.780. The molecule has 4 nitrogen and oxygen atoms in total. The van der Waals surface area contributed by atoms with Crippen molar-refractivity contribution in [3.63, 3.8) is 0 Å². The van der Waals surface area contributed by atoms with E-state index in [1.807, 2.05) is 0 Å². The summed E-state index contributed by atoms with van der Waals surface area (Å²) in [5, 5.41) is 14.4. The van der Waals surface area contributed by atoms with Gasteiger partial charge in [-0.15, -0.1) is 0 Å². The number of rotatable bonds is 1. The molecule has 0 aliphatic heterocycles. The van der Waals surface area contributed by atoms with E-state index in [1.165, 1.54) is 0 Å². The van der Waals surface area contributed by atoms with Crippen LogP contribution in [0.2, 0.25) is 0 Å². The summed E-state index contributed by atoms with van der Waals surface area (Å²) in [6.07, 6.45) is -3.40. The third kappa shape index (κ3) is 1.66. The first-order chi connectivity index (χ1) is 7.41. The molecule has 1 aliphatic rings. The van der Waals surface area contributed by atoms with Crippen LogP contribution in [0.1, 0.15) is 35.7 Å². The van der Waals surface area contributed by atoms with E-state index in [0.717, 1.165) is 0 Å². The molecule has 0 aromatic carbocycles. The summed E-state index contributed by atoms with van der Waals surface area (Å²) in [7, 11) is 0. The van der Waals surface area contributed by atoms with E-state index in [1.54, 1.807) is 0 Å². The van der Waals surface area contributed by atoms with Gasteiger partial charge >= 0.3 is 12.1 Å². The number of alkyl halides is 3. The Labute approximate surface area is 88.5 Å². The van der Waals surface area contributed by atoms with Gasteiger partial charge in [0.1, 0.15) is 0 Å². The number of hydrogen-bond acceptors (Lipinski definition) is 2. The number of aryl methyl sites for hydroxylation is 1. The van der Waals surface area contributed by atoms with Gasteiger partial charge in [-0.3, -0.25) is 9.89 Å². The molecule has 1 aromatic rings. The van der Waals surface area contributed by atoms with Crippen LogP contribution in [0, 0.1) is 0 Å². The van der Waals surface area contributed by atoms with Crippen molar-refractivity contribution >= 4 is 5.97 Å². The second kappa shape index (κ2) is 3.50. The van der Waals surface area contributed by atoms with Crippen LogP contribution < -0.4 is 0 Å². The highest BCUT2D eigenvalue weighted by atomic mass is 19.4. The molecular weight excluding hydrogens is 225 g/mol. The van der Waals surface area contributed by atoms with E-state index in [4.69, 9.17) is 5.11 Å². The standard InChI is InChI=1S/C9H9F3N2O2/c10-9(11,12)7-6-4(8(15)16)2-1-3-5(6)13-14-7/h4H,1-3H2,(H,13,14)(H,15,16). The van der Waals surface area contributed by atoms with E-state index in [-0.39, 0.29) is 12.0 Å². The fourth-order valence-corrected chi connectivity index (χ4v) is 2.04. The summed E-state index contributed by atoms with van der Waals surface area (Å²) in [5.74, 6) is -2.33. The fourth-order valence-electron chi connectivity index (χ4n) is 2.04. The van der Waals surface area contributed by atoms with Crippen LogP contribution in [-0.2, 0) is 17.4 Å². The highest BCUT2D eigenvalue weighted by Gasteiger charge is 2.42. The van der Waals surface area contributed by atoms with Crippen LogP contribution in [0.15, 0.2) is 0 Å². The van der Waals surface area contributed by atoms with Gasteiger partial charge in [0.25, 0.3) is 0 Å². The van der Waals surface area contributed by atoms with Crippen molar-refractivity contribution in [1.82, 2.24) is 10.2 Å². The number of carboxylic acids is 1. The first kappa shape index (κ1) is 11.0. The number of carboxylic acid groups (broad SMARTS) is 1. The largest absolute Gasteiger partial charge is 0.481 e. The van der Waals surface area contributed by atoms with Gasteiger partial charge in [-0.1, -0.05) is 0 Å². The minimum atomic E-state index is -4.60. The summed E-state index contributed by atoms with van der Waals surface area (Å²) in [6.45, 7) is 0. The summed E-state index contributed by atoms with van der Waals surface area (Å²) in [6, 6.07) is 0. The molecule has 1 aliphatic carbocycles. The maximum Gasteiger partial charge on any atom is 0.435 e. The summed E-state index contributed by atoms with van der Waals surface area (Å²) >= 11 is 0. The lowest BCUT2D eigenvalue weighted by Crippen LogP contribution is -2.21. The molecule has 0 spiro atoms. The summed E-state index contributed by atoms with van der Waals surface area (Å²) in [5.41, 5.74) is -0.980. The molecule has 1 atom stereocenters. The third-order valence-electron chi connectivity index (χ3n) is 2.72. The van der Waals surface area contributed by atoms with Crippen molar-refractivity contribution in [2.24, 2.45) is 0 Å². The smallest absolute Gasteiger partial charge is 0.435 e. The van der Waals surface area contributed by atoms with Gasteiger partial charge in [-0.25, -0.2) is 0 Å². The molecular formula is C9H9F3N2O2. The van der Waals surface area contributed by atoms with Crippen molar-refractivity contribution in [2.45, 2.75) is 31.4 Å². The fraction of sp³-hybridized carbons (Fsp3) is 0.556. The Bertz CT molecular complexity index is 425. The van der Waals surface area contributed by atoms with Crippen LogP contribution in [0.3, 0.4) is 0 Å². The number of halogens is 3. The molecule has 0 saturated carbocycles. The zero-order valence-electron chi connectivity index (χ0n) is 8.14. The Morgan fingerprint density at radius 1 is 1.50 bits per heavy atom. The SMILES string of the molecule is O=C(O)C1CCCc2[nH]nc(C(F)(F)F)c21. The van der Waals surface area contributed by atoms with E-state index in [0.29, 0.717) is 18.5 Å². The number of H-pyrrole nitrogens is 1. The Morgan fingerprint density at radius 3 is 2.75 bits per heavy atom. The average molecular weight is 234 g/mol. The van der Waals surface area contributed by atoms with E-state index < -0.39 is 23.8 Å². The monoisotopic (exact) mass is 234 g/mol. The van der Waals surface area contributed by atoms with Crippen LogP contribution in [-0.4, -0.2) is 21.3 Å². The van der Waals surface area contributed by atoms with Crippen molar-refractivity contribution in [1.29, 1.82) is 0 Å². The lowest BCUT2D eigenvalue weighted by molar-refractivity contribution is -0.143. The highest BCUT2D eigenvalue weighted by Crippen LogP contribution is 2.40. The van der Waals surface area contributed by atoms with Gasteiger partial charge < -0.3 is 5.11 Å². The molecule has 0 fully saturated rings. The molecule has 2 N–H and O–H groups in total. The Balaban J connectivity index is 2.52. The topological polar surface area (TPSA) is 66.0 Å². The van der Waals surface area contributed by atoms with Gasteiger partial charge in [0.15, 0.2) is 5.69 Å². The number of aromatic amines is 1. The Hall–Kier alpha value is -1.53. The van der Waals surface area contributed by atoms with Gasteiger partial charge in [0.2, 0.25) is 0 Å². The first-order valence-corrected chi connectivity index (χ1v) is 4.78. The second-order valence-corrected chi connectivity index (χ2v) is 3.75. The molecule has 1 heterocycles. The van der Waals surface area contributed by atoms with E-state index >= 15 is 0 Å². The van der Waals surface area contributed by atoms with Crippen molar-refractivity contribution in [2.75, 3.05) is 0 Å². The number of fused-ring (bicyclic) bond motifs is 1. The van der Waals surface area contributed by atoms with Gasteiger partial charge in [0, 0.05) is 11.3 Å². The number of hydrogen-bond donors (Lipinski definition) is 2. The van der Waals surface area contributed by atoms with Crippen molar-refractivity contribution < 1.29 is 23.1 Å². The van der Waals surface area contributed by atoms with Crippen molar-refractivity contribution in [3.8, 4) is 0 Å². The summed E-state index contributed by atoms with van der Waals surface area (Å²) in [4.78, 5) is 10.9. The van der Waals surface area contributed by atoms with E-state index in [2.05, 4.69) is 10.2 Å². The number of aromatic nitrogens is 2. The number of carbonyl (C=O) groups is 1. The Kier molecular flexibility index (Phi) is 2.40. The minimum absolute atomic E-state index is 0.189. The van der Waals surface area contributed by atoms with Gasteiger partial charge in [-0.05, 0) is 19.3 Å². The summed E-state index contributed by atoms with van der Waals surface area (Å²) < 4.78 is 37.7. The molecule has 0 amide bonds. The maximum absolute atomic E-state index is 12.6. The highest BCUT2D eigenvalue weighted by molar-refractivity contribution is 5.77. The second-order valence-electron chi connectivity index (χ2n) is 3.75. The first-order valence-electron chi connectivity index (χ1n) is 4.78. The van der Waals surface area contributed by atoms with Crippen LogP contribution >= 0.6 is 0 Å². The molecule has 0 saturated heterocycles. The molecule has 7 heteroatoms. The normalized spacial score (nSPS) is 20.6. The maximum atomic E-state index is 12.6. The molecule has 2 rings (SSSR count). The Morgan fingerprint density at radius 2 is 2.19 bits per heavy atom. The van der Waals surface area contributed by atoms with Crippen molar-refractivity contribution in [3.05, 3.63) is 17.0 Å². The van der Waals surface area contributed by atoms with Crippen LogP contribution in [0.25, 0.3) is 0 Å². The minimum Gasteiger partial charge on any atom is -0.481 e. The van der Waals surface area contributed by atoms with Gasteiger partial charge in [0.05, 0.1) is 5.92 Å². The lowest BCUT2D eigenvalue weighted by atomic mass is 9.85. The lowest BCUT2D eigenvalue weighted by Gasteiger charge is -2.19. The third-order valence-corrected chi connectivity index (χ3v) is 2.72. The zero-order valence-corrected chi connectivity index (χ0v) is 8.14. The van der Waals surface area contributed by atoms with Crippen LogP contribution in [0.5, 0.6) is 0 Å². The number of nitrogens with one attached hydrogen (secondary N) is 1. The molecule has 1 aromatic heterocycles. The van der Waals surface area contributed by atoms with E-state index in [9.17, 15) is 18.0 Å². The number of aliphatic carboxylic acids is 1. The molecule has 1 unspecified atom stereocenters. The zero-order chi connectivity index (χ0) is 11.9. The predicted octanol–water partition coefficient (Wildman–Crippen LogP) is 1.93. The molecule has 16 heavy (non-hydrogen) atoms. The average Bonchev–Trinajstić information content (AvgIpc) is 2.59. The van der Waals surface area contributed by atoms with Gasteiger partial charge in [-0.2, -0.15) is 18.3 Å². The molecule has 0 radical (unpaired) electrons. The molecule has 88 valence electrons. The molecule has 0 bridgehead atoms. The predicted molar refractivity (Wildman–Crippen MR) is 46.9 cm³/mol.